The molecule has 11 rings (SSSR count). The topological polar surface area (TPSA) is 35.2 Å². The van der Waals surface area contributed by atoms with Gasteiger partial charge in [0.15, 0.2) is 0 Å². The van der Waals surface area contributed by atoms with Gasteiger partial charge in [-0.25, -0.2) is 4.98 Å². The predicted molar refractivity (Wildman–Crippen MR) is 259 cm³/mol. The van der Waals surface area contributed by atoms with Crippen LogP contribution in [0.15, 0.2) is 146 Å². The van der Waals surface area contributed by atoms with Gasteiger partial charge in [-0.15, -0.1) is 35.2 Å². The van der Waals surface area contributed by atoms with Gasteiger partial charge < -0.3 is 18.8 Å². The van der Waals surface area contributed by atoms with Crippen LogP contribution in [0.2, 0.25) is 0 Å². The van der Waals surface area contributed by atoms with Crippen molar-refractivity contribution in [2.75, 3.05) is 4.90 Å². The van der Waals surface area contributed by atoms with E-state index in [1.165, 1.54) is 21.7 Å². The monoisotopic (exact) mass is 1000 g/mol. The zero-order valence-corrected chi connectivity index (χ0v) is 38.4. The van der Waals surface area contributed by atoms with Crippen LogP contribution in [0, 0.1) is 32.6 Å². The van der Waals surface area contributed by atoms with Crippen LogP contribution in [0.1, 0.15) is 69.6 Å². The molecule has 0 saturated carbocycles. The number of hydrogen-bond donors (Lipinski definition) is 0. The van der Waals surface area contributed by atoms with E-state index in [-0.39, 0.29) is 56.2 Å². The molecule has 0 fully saturated rings. The minimum atomic E-state index is -0.948. The molecule has 0 N–H and O–H groups in total. The molecule has 0 unspecified atom stereocenters. The molecule has 0 amide bonds. The van der Waals surface area contributed by atoms with Gasteiger partial charge in [0.1, 0.15) is 5.82 Å². The second kappa shape index (κ2) is 15.4. The van der Waals surface area contributed by atoms with Crippen LogP contribution in [0.5, 0.6) is 11.5 Å². The number of benzene rings is 7. The van der Waals surface area contributed by atoms with Gasteiger partial charge in [0.25, 0.3) is 0 Å². The molecule has 3 aromatic heterocycles. The molecular formula is C57H47N4OPt-3. The minimum absolute atomic E-state index is 0. The summed E-state index contributed by atoms with van der Waals surface area (Å²) in [6.45, 7) is 16.5. The van der Waals surface area contributed by atoms with Crippen molar-refractivity contribution < 1.29 is 32.7 Å². The summed E-state index contributed by atoms with van der Waals surface area (Å²) in [6, 6.07) is 46.1. The number of ether oxygens (including phenoxy) is 1. The normalized spacial score (nSPS) is 13.8. The molecule has 7 aromatic carbocycles. The fraction of sp³-hybridized carbons (Fsp3) is 0.158. The van der Waals surface area contributed by atoms with E-state index in [1.54, 1.807) is 42.8 Å². The summed E-state index contributed by atoms with van der Waals surface area (Å²) in [5, 5.41) is 7.88. The summed E-state index contributed by atoms with van der Waals surface area (Å²) in [4.78, 5) is 6.88. The molecule has 0 spiro atoms. The molecule has 1 aliphatic rings. The van der Waals surface area contributed by atoms with Crippen LogP contribution in [0.25, 0.3) is 71.0 Å². The molecular weight excluding hydrogens is 952 g/mol. The van der Waals surface area contributed by atoms with Gasteiger partial charge in [-0.3, -0.25) is 0 Å². The molecule has 5 nitrogen and oxygen atoms in total. The van der Waals surface area contributed by atoms with Gasteiger partial charge >= 0.3 is 0 Å². The molecule has 0 saturated heterocycles. The van der Waals surface area contributed by atoms with Gasteiger partial charge in [0.2, 0.25) is 0 Å². The Morgan fingerprint density at radius 3 is 2.22 bits per heavy atom. The molecule has 0 atom stereocenters. The van der Waals surface area contributed by atoms with Crippen LogP contribution < -0.4 is 9.64 Å². The van der Waals surface area contributed by atoms with Gasteiger partial charge in [-0.05, 0) is 99.4 Å². The van der Waals surface area contributed by atoms with Crippen molar-refractivity contribution in [3.8, 4) is 17.3 Å². The number of para-hydroxylation sites is 3. The third-order valence-corrected chi connectivity index (χ3v) is 12.2. The molecule has 4 heterocycles. The molecule has 0 radical (unpaired) electrons. The summed E-state index contributed by atoms with van der Waals surface area (Å²) in [5.41, 5.74) is 8.31. The summed E-state index contributed by atoms with van der Waals surface area (Å²) in [7, 11) is 0. The Bertz CT molecular complexity index is 3820. The van der Waals surface area contributed by atoms with E-state index in [1.807, 2.05) is 6.07 Å². The third kappa shape index (κ3) is 6.64. The Morgan fingerprint density at radius 2 is 1.43 bits per heavy atom. The quantitative estimate of drug-likeness (QED) is 0.161. The SMILES string of the molecule is [2H]c1c([2H])c([2H])c2c(c1[2H])c1ccc(Oc3[c-]c(N4[CH-]n5c6c(C)cccc6c6cc(C)ccc6c6ccccc6c6cccc4c65)ccc3C(C)(C)C)[c-]c1n2-c1cc(C([2H])(C)C)ccn1.[Pt]. The summed E-state index contributed by atoms with van der Waals surface area (Å²) in [5.74, 6) is 0.344. The van der Waals surface area contributed by atoms with Crippen molar-refractivity contribution >= 4 is 76.5 Å². The largest absolute Gasteiger partial charge is 0.509 e. The average Bonchev–Trinajstić information content (AvgIpc) is 3.86. The van der Waals surface area contributed by atoms with Crippen molar-refractivity contribution in [3.63, 3.8) is 0 Å². The van der Waals surface area contributed by atoms with E-state index >= 15 is 0 Å². The van der Waals surface area contributed by atoms with Crippen LogP contribution >= 0.6 is 0 Å². The third-order valence-electron chi connectivity index (χ3n) is 12.2. The second-order valence-corrected chi connectivity index (χ2v) is 17.6. The van der Waals surface area contributed by atoms with E-state index < -0.39 is 5.89 Å². The van der Waals surface area contributed by atoms with Crippen LogP contribution in [0.3, 0.4) is 0 Å². The van der Waals surface area contributed by atoms with Crippen molar-refractivity contribution in [1.29, 1.82) is 0 Å². The van der Waals surface area contributed by atoms with Crippen LogP contribution in [-0.2, 0) is 26.5 Å². The maximum absolute atomic E-state index is 9.08. The molecule has 6 heteroatoms. The van der Waals surface area contributed by atoms with Gasteiger partial charge in [-0.2, -0.15) is 12.1 Å². The molecule has 1 aliphatic heterocycles. The van der Waals surface area contributed by atoms with Crippen molar-refractivity contribution in [2.24, 2.45) is 0 Å². The Kier molecular flexibility index (Phi) is 8.53. The smallest absolute Gasteiger partial charge is 0.135 e. The zero-order valence-electron chi connectivity index (χ0n) is 41.1. The first-order valence-electron chi connectivity index (χ1n) is 23.5. The number of pyridine rings is 1. The maximum atomic E-state index is 9.08. The van der Waals surface area contributed by atoms with Gasteiger partial charge in [0, 0.05) is 51.3 Å². The van der Waals surface area contributed by atoms with Crippen LogP contribution in [0.4, 0.5) is 11.4 Å². The Balaban J connectivity index is 0.00000539. The number of aryl methyl sites for hydroxylation is 2. The van der Waals surface area contributed by atoms with E-state index in [4.69, 9.17) is 11.6 Å². The molecule has 0 aliphatic carbocycles. The summed E-state index contributed by atoms with van der Waals surface area (Å²) >= 11 is 0. The Morgan fingerprint density at radius 1 is 0.714 bits per heavy atom. The summed E-state index contributed by atoms with van der Waals surface area (Å²) < 4.78 is 55.1. The molecule has 314 valence electrons. The van der Waals surface area contributed by atoms with Crippen LogP contribution in [-0.4, -0.2) is 14.1 Å². The average molecular weight is 1000 g/mol. The molecule has 10 aromatic rings. The van der Waals surface area contributed by atoms with Crippen molar-refractivity contribution in [3.05, 3.63) is 187 Å². The van der Waals surface area contributed by atoms with E-state index in [0.717, 1.165) is 49.7 Å². The van der Waals surface area contributed by atoms with Gasteiger partial charge in [0.05, 0.1) is 5.48 Å². The Hall–Kier alpha value is -6.55. The predicted octanol–water partition coefficient (Wildman–Crippen LogP) is 15.3. The fourth-order valence-electron chi connectivity index (χ4n) is 9.21. The maximum Gasteiger partial charge on any atom is 0.135 e. The minimum Gasteiger partial charge on any atom is -0.509 e. The molecule has 63 heavy (non-hydrogen) atoms. The number of fused-ring (bicyclic) bond motifs is 10. The number of rotatable bonds is 5. The van der Waals surface area contributed by atoms with Gasteiger partial charge in [-0.1, -0.05) is 159 Å². The molecule has 0 bridgehead atoms. The van der Waals surface area contributed by atoms with E-state index in [9.17, 15) is 0 Å². The number of nitrogens with zero attached hydrogens (tertiary/aromatic N) is 4. The number of anilines is 2. The van der Waals surface area contributed by atoms with Crippen molar-refractivity contribution in [2.45, 2.75) is 59.8 Å². The first kappa shape index (κ1) is 35.0. The second-order valence-electron chi connectivity index (χ2n) is 17.6. The zero-order chi connectivity index (χ0) is 46.8. The number of hydrogen-bond acceptors (Lipinski definition) is 3. The van der Waals surface area contributed by atoms with E-state index in [0.29, 0.717) is 39.2 Å². The first-order valence-corrected chi connectivity index (χ1v) is 21.0. The Labute approximate surface area is 390 Å². The standard InChI is InChI=1S/C57H47N4O.Pt/c1-35(2)38-28-29-58-54(31-38)61-50-20-11-10-17-44(50)45-26-24-40(33-52(45)61)62-53-32-39(23-27-49(53)57(5,6)7)59-34-60-55-37(4)14-12-18-47(55)48-30-36(3)22-25-43(48)41-15-8-9-16-42(41)46-19-13-21-51(59)56(46)60;/h8-31,34-35H,1-7H3;/q-3;/i10D,11D,17D,20D,35D;. The van der Waals surface area contributed by atoms with E-state index in [2.05, 4.69) is 159 Å². The summed E-state index contributed by atoms with van der Waals surface area (Å²) in [6.07, 6.45) is 1.63. The number of aromatic nitrogens is 3. The van der Waals surface area contributed by atoms with Crippen molar-refractivity contribution in [1.82, 2.24) is 14.1 Å². The fourth-order valence-corrected chi connectivity index (χ4v) is 9.21. The first-order chi connectivity index (χ1) is 32.0.